The first-order valence-electron chi connectivity index (χ1n) is 10.2. The van der Waals surface area contributed by atoms with E-state index in [0.29, 0.717) is 5.92 Å². The maximum Gasteiger partial charge on any atom is 0.487 e. The Labute approximate surface area is 160 Å². The maximum atomic E-state index is 6.24. The predicted octanol–water partition coefficient (Wildman–Crippen LogP) is 4.83. The molecule has 0 aromatic rings. The molecule has 2 saturated heterocycles. The number of rotatable bonds is 3. The summed E-state index contributed by atoms with van der Waals surface area (Å²) in [6.07, 6.45) is 5.73. The summed E-state index contributed by atoms with van der Waals surface area (Å²) in [6, 6.07) is 0. The molecule has 0 amide bonds. The molecule has 0 spiro atoms. The van der Waals surface area contributed by atoms with Crippen molar-refractivity contribution in [1.82, 2.24) is 0 Å². The first kappa shape index (κ1) is 20.4. The largest absolute Gasteiger partial charge is 0.487 e. The van der Waals surface area contributed by atoms with Gasteiger partial charge >= 0.3 is 14.2 Å². The number of hydrogen-bond acceptors (Lipinski definition) is 4. The molecular formula is C20H36B2O4. The van der Waals surface area contributed by atoms with Gasteiger partial charge in [0.05, 0.1) is 22.4 Å². The third-order valence-electron chi connectivity index (χ3n) is 7.19. The third kappa shape index (κ3) is 3.80. The molecule has 3 fully saturated rings. The Hall–Kier alpha value is -0.290. The second-order valence-electron chi connectivity index (χ2n) is 10.2. The van der Waals surface area contributed by atoms with Gasteiger partial charge in [-0.1, -0.05) is 18.0 Å². The molecule has 1 atom stereocenters. The van der Waals surface area contributed by atoms with Gasteiger partial charge in [0, 0.05) is 0 Å². The summed E-state index contributed by atoms with van der Waals surface area (Å²) in [4.78, 5) is 0. The first-order chi connectivity index (χ1) is 11.8. The molecule has 4 nitrogen and oxygen atoms in total. The van der Waals surface area contributed by atoms with Gasteiger partial charge in [-0.05, 0) is 86.9 Å². The first-order valence-corrected chi connectivity index (χ1v) is 10.2. The van der Waals surface area contributed by atoms with Crippen molar-refractivity contribution in [2.75, 3.05) is 0 Å². The molecule has 0 radical (unpaired) electrons. The van der Waals surface area contributed by atoms with Gasteiger partial charge in [0.2, 0.25) is 0 Å². The molecule has 3 aliphatic rings. The van der Waals surface area contributed by atoms with Gasteiger partial charge in [0.15, 0.2) is 0 Å². The number of allylic oxidation sites excluding steroid dienone is 1. The third-order valence-corrected chi connectivity index (χ3v) is 7.19. The van der Waals surface area contributed by atoms with Crippen LogP contribution in [0.2, 0.25) is 6.32 Å². The Balaban J connectivity index is 1.70. The van der Waals surface area contributed by atoms with Crippen molar-refractivity contribution in [2.24, 2.45) is 5.92 Å². The van der Waals surface area contributed by atoms with E-state index in [0.717, 1.165) is 12.7 Å². The lowest BCUT2D eigenvalue weighted by Crippen LogP contribution is -2.41. The van der Waals surface area contributed by atoms with Crippen molar-refractivity contribution in [2.45, 2.75) is 110 Å². The second-order valence-corrected chi connectivity index (χ2v) is 10.2. The molecule has 1 unspecified atom stereocenters. The Bertz CT molecular complexity index is 536. The van der Waals surface area contributed by atoms with E-state index in [1.807, 2.05) is 0 Å². The topological polar surface area (TPSA) is 36.9 Å². The highest BCUT2D eigenvalue weighted by Gasteiger charge is 2.52. The van der Waals surface area contributed by atoms with Crippen molar-refractivity contribution in [1.29, 1.82) is 0 Å². The fourth-order valence-electron chi connectivity index (χ4n) is 4.02. The molecule has 3 rings (SSSR count). The van der Waals surface area contributed by atoms with Gasteiger partial charge in [-0.15, -0.1) is 0 Å². The number of hydrogen-bond donors (Lipinski definition) is 0. The van der Waals surface area contributed by atoms with E-state index in [2.05, 4.69) is 61.4 Å². The van der Waals surface area contributed by atoms with E-state index in [4.69, 9.17) is 18.6 Å². The van der Waals surface area contributed by atoms with Gasteiger partial charge in [-0.2, -0.15) is 0 Å². The summed E-state index contributed by atoms with van der Waals surface area (Å²) in [7, 11) is -0.390. The lowest BCUT2D eigenvalue weighted by Gasteiger charge is -2.32. The van der Waals surface area contributed by atoms with E-state index in [1.54, 1.807) is 0 Å². The van der Waals surface area contributed by atoms with Crippen molar-refractivity contribution >= 4 is 14.2 Å². The SMILES string of the molecule is CC1(C)OB(/C=C2\CCCCC2CB2OC(C)(C)C(C)(C)O2)OC1(C)C. The molecule has 6 heteroatoms. The highest BCUT2D eigenvalue weighted by Crippen LogP contribution is 2.43. The average molecular weight is 362 g/mol. The van der Waals surface area contributed by atoms with Crippen LogP contribution in [-0.4, -0.2) is 36.6 Å². The maximum absolute atomic E-state index is 6.24. The standard InChI is InChI=1S/C20H36B2O4/c1-17(2)18(3,4)24-21(23-17)13-15-11-9-10-12-16(15)14-22-25-19(5,6)20(7,8)26-22/h13,16H,9-12,14H2,1-8H3/b15-13+. The van der Waals surface area contributed by atoms with Crippen LogP contribution in [0.5, 0.6) is 0 Å². The summed E-state index contributed by atoms with van der Waals surface area (Å²) < 4.78 is 24.9. The summed E-state index contributed by atoms with van der Waals surface area (Å²) in [6.45, 7) is 16.9. The van der Waals surface area contributed by atoms with Crippen LogP contribution in [0.3, 0.4) is 0 Å². The van der Waals surface area contributed by atoms with Crippen LogP contribution in [0.25, 0.3) is 0 Å². The molecule has 0 bridgehead atoms. The highest BCUT2D eigenvalue weighted by molar-refractivity contribution is 6.52. The zero-order valence-corrected chi connectivity index (χ0v) is 18.0. The van der Waals surface area contributed by atoms with Crippen LogP contribution >= 0.6 is 0 Å². The molecule has 2 heterocycles. The predicted molar refractivity (Wildman–Crippen MR) is 107 cm³/mol. The summed E-state index contributed by atoms with van der Waals surface area (Å²) in [5, 5.41) is 0. The summed E-state index contributed by atoms with van der Waals surface area (Å²) in [5.41, 5.74) is 0.350. The smallest absolute Gasteiger partial charge is 0.403 e. The van der Waals surface area contributed by atoms with Crippen LogP contribution in [-0.2, 0) is 18.6 Å². The summed E-state index contributed by atoms with van der Waals surface area (Å²) in [5.74, 6) is 2.71. The van der Waals surface area contributed by atoms with E-state index in [9.17, 15) is 0 Å². The fourth-order valence-corrected chi connectivity index (χ4v) is 4.02. The van der Waals surface area contributed by atoms with Crippen molar-refractivity contribution in [3.63, 3.8) is 0 Å². The highest BCUT2D eigenvalue weighted by atomic mass is 16.7. The monoisotopic (exact) mass is 362 g/mol. The molecule has 26 heavy (non-hydrogen) atoms. The molecule has 2 aliphatic heterocycles. The molecule has 1 aliphatic carbocycles. The van der Waals surface area contributed by atoms with Crippen LogP contribution in [0.4, 0.5) is 0 Å². The van der Waals surface area contributed by atoms with Crippen LogP contribution in [0.15, 0.2) is 11.5 Å². The zero-order valence-electron chi connectivity index (χ0n) is 18.0. The van der Waals surface area contributed by atoms with Gasteiger partial charge in [0.1, 0.15) is 0 Å². The van der Waals surface area contributed by atoms with E-state index >= 15 is 0 Å². The van der Waals surface area contributed by atoms with Gasteiger partial charge in [0.25, 0.3) is 0 Å². The lowest BCUT2D eigenvalue weighted by atomic mass is 9.67. The van der Waals surface area contributed by atoms with Crippen LogP contribution < -0.4 is 0 Å². The van der Waals surface area contributed by atoms with Gasteiger partial charge in [-0.3, -0.25) is 0 Å². The molecule has 0 N–H and O–H groups in total. The second kappa shape index (κ2) is 6.65. The quantitative estimate of drug-likeness (QED) is 0.675. The van der Waals surface area contributed by atoms with E-state index < -0.39 is 0 Å². The van der Waals surface area contributed by atoms with Crippen molar-refractivity contribution < 1.29 is 18.6 Å². The normalized spacial score (nSPS) is 33.8. The van der Waals surface area contributed by atoms with E-state index in [-0.39, 0.29) is 36.6 Å². The summed E-state index contributed by atoms with van der Waals surface area (Å²) >= 11 is 0. The van der Waals surface area contributed by atoms with Crippen LogP contribution in [0, 0.1) is 5.92 Å². The molecule has 0 aromatic heterocycles. The fraction of sp³-hybridized carbons (Fsp3) is 0.900. The molecule has 0 aromatic carbocycles. The minimum atomic E-state index is -0.287. The Morgan fingerprint density at radius 3 is 1.85 bits per heavy atom. The average Bonchev–Trinajstić information content (AvgIpc) is 2.79. The molecule has 1 saturated carbocycles. The van der Waals surface area contributed by atoms with Gasteiger partial charge in [-0.25, -0.2) is 0 Å². The Kier molecular flexibility index (Phi) is 5.23. The molecule has 146 valence electrons. The minimum absolute atomic E-state index is 0.134. The minimum Gasteiger partial charge on any atom is -0.403 e. The van der Waals surface area contributed by atoms with Crippen molar-refractivity contribution in [3.8, 4) is 0 Å². The van der Waals surface area contributed by atoms with E-state index in [1.165, 1.54) is 24.8 Å². The van der Waals surface area contributed by atoms with Gasteiger partial charge < -0.3 is 18.6 Å². The lowest BCUT2D eigenvalue weighted by molar-refractivity contribution is 0.00578. The molecular weight excluding hydrogens is 326 g/mol. The van der Waals surface area contributed by atoms with Crippen molar-refractivity contribution in [3.05, 3.63) is 11.5 Å². The van der Waals surface area contributed by atoms with Crippen LogP contribution in [0.1, 0.15) is 81.1 Å². The zero-order chi connectivity index (χ0) is 19.4. The Morgan fingerprint density at radius 1 is 0.808 bits per heavy atom. The Morgan fingerprint density at radius 2 is 1.31 bits per heavy atom.